The number of pyridine rings is 2. The molecule has 1 aliphatic heterocycles. The Hall–Kier alpha value is -3.92. The molecule has 168 valence electrons. The third-order valence-corrected chi connectivity index (χ3v) is 5.59. The van der Waals surface area contributed by atoms with Gasteiger partial charge in [0.15, 0.2) is 23.1 Å². The van der Waals surface area contributed by atoms with E-state index in [0.717, 1.165) is 11.0 Å². The maximum atomic E-state index is 15.3. The Balaban J connectivity index is 1.76. The zero-order chi connectivity index (χ0) is 23.3. The molecule has 1 N–H and O–H groups in total. The number of nitrogens with zero attached hydrogens (tertiary/aromatic N) is 4. The van der Waals surface area contributed by atoms with Crippen LogP contribution in [0.5, 0.6) is 11.5 Å². The van der Waals surface area contributed by atoms with E-state index in [1.165, 1.54) is 25.3 Å². The molecule has 1 aromatic carbocycles. The first-order valence-corrected chi connectivity index (χ1v) is 10.1. The lowest BCUT2D eigenvalue weighted by Gasteiger charge is -2.37. The van der Waals surface area contributed by atoms with Crippen molar-refractivity contribution in [1.29, 1.82) is 0 Å². The van der Waals surface area contributed by atoms with Gasteiger partial charge in [0.2, 0.25) is 0 Å². The third-order valence-electron chi connectivity index (χ3n) is 5.37. The van der Waals surface area contributed by atoms with Crippen LogP contribution in [0.15, 0.2) is 42.9 Å². The van der Waals surface area contributed by atoms with Gasteiger partial charge in [0.25, 0.3) is 0 Å². The molecule has 8 nitrogen and oxygen atoms in total. The van der Waals surface area contributed by atoms with Crippen molar-refractivity contribution in [3.05, 3.63) is 65.1 Å². The summed E-state index contributed by atoms with van der Waals surface area (Å²) < 4.78 is 40.6. The van der Waals surface area contributed by atoms with Gasteiger partial charge >= 0.3 is 6.03 Å². The van der Waals surface area contributed by atoms with Crippen molar-refractivity contribution in [3.8, 4) is 11.5 Å². The summed E-state index contributed by atoms with van der Waals surface area (Å²) in [4.78, 5) is 27.6. The highest BCUT2D eigenvalue weighted by Gasteiger charge is 2.39. The second-order valence-electron chi connectivity index (χ2n) is 7.17. The van der Waals surface area contributed by atoms with E-state index in [-0.39, 0.29) is 23.9 Å². The summed E-state index contributed by atoms with van der Waals surface area (Å²) in [5.74, 6) is -2.38. The molecule has 33 heavy (non-hydrogen) atoms. The zero-order valence-electron chi connectivity index (χ0n) is 17.4. The Morgan fingerprint density at radius 1 is 1.03 bits per heavy atom. The van der Waals surface area contributed by atoms with Gasteiger partial charge in [-0.05, 0) is 18.2 Å². The van der Waals surface area contributed by atoms with Crippen molar-refractivity contribution in [2.45, 2.75) is 6.54 Å². The van der Waals surface area contributed by atoms with Crippen molar-refractivity contribution in [2.75, 3.05) is 24.0 Å². The molecule has 0 saturated carbocycles. The first-order chi connectivity index (χ1) is 15.9. The van der Waals surface area contributed by atoms with E-state index >= 15 is 8.78 Å². The number of urea groups is 1. The number of ether oxygens (including phenoxy) is 2. The molecule has 2 amide bonds. The van der Waals surface area contributed by atoms with Crippen LogP contribution >= 0.6 is 11.6 Å². The molecule has 11 heteroatoms. The lowest BCUT2D eigenvalue weighted by atomic mass is 10.1. The fourth-order valence-electron chi connectivity index (χ4n) is 3.87. The minimum absolute atomic E-state index is 0.142. The zero-order valence-corrected chi connectivity index (χ0v) is 18.2. The smallest absolute Gasteiger partial charge is 0.335 e. The Kier molecular flexibility index (Phi) is 5.01. The third kappa shape index (κ3) is 3.21. The van der Waals surface area contributed by atoms with Gasteiger partial charge in [-0.25, -0.2) is 28.4 Å². The number of nitrogens with one attached hydrogen (secondary N) is 1. The van der Waals surface area contributed by atoms with Gasteiger partial charge < -0.3 is 14.5 Å². The Morgan fingerprint density at radius 2 is 1.76 bits per heavy atom. The number of methoxy groups -OCH3 is 2. The molecule has 3 aromatic heterocycles. The number of anilines is 3. The van der Waals surface area contributed by atoms with E-state index in [1.807, 2.05) is 0 Å². The van der Waals surface area contributed by atoms with Crippen LogP contribution < -0.4 is 19.3 Å². The average Bonchev–Trinajstić information content (AvgIpc) is 3.30. The topological polar surface area (TPSA) is 83.6 Å². The number of hydrogen-bond acceptors (Lipinski definition) is 5. The highest BCUT2D eigenvalue weighted by atomic mass is 35.5. The van der Waals surface area contributed by atoms with E-state index in [4.69, 9.17) is 21.1 Å². The Bertz CT molecular complexity index is 1370. The number of aromatic amines is 1. The fraction of sp³-hybridized carbons (Fsp3) is 0.136. The monoisotopic (exact) mass is 471 g/mol. The lowest BCUT2D eigenvalue weighted by Crippen LogP contribution is -2.46. The SMILES string of the molecule is COc1cc(OC)c(F)c(N2Cc3cnc4[nH]ccc4c3N(c3ccc(Cl)cn3)C2=O)c1F. The molecule has 1 aliphatic rings. The number of H-pyrrole nitrogens is 1. The van der Waals surface area contributed by atoms with Crippen molar-refractivity contribution in [1.82, 2.24) is 15.0 Å². The number of carbonyl (C=O) groups excluding carboxylic acids is 1. The Morgan fingerprint density at radius 3 is 2.39 bits per heavy atom. The van der Waals surface area contributed by atoms with Crippen LogP contribution in [0, 0.1) is 11.6 Å². The van der Waals surface area contributed by atoms with E-state index in [0.29, 0.717) is 27.3 Å². The molecule has 5 rings (SSSR count). The standard InChI is InChI=1S/C22H16ClF2N5O3/c1-32-14-7-15(33-2)18(25)20(17(14)24)29-10-11-8-28-21-13(5-6-26-21)19(11)30(22(29)31)16-4-3-12(23)9-27-16/h3-9H,10H2,1-2H3,(H,26,28). The predicted molar refractivity (Wildman–Crippen MR) is 119 cm³/mol. The number of benzene rings is 1. The van der Waals surface area contributed by atoms with E-state index in [9.17, 15) is 4.79 Å². The summed E-state index contributed by atoms with van der Waals surface area (Å²) in [5, 5.41) is 1.03. The molecular formula is C22H16ClF2N5O3. The van der Waals surface area contributed by atoms with Gasteiger partial charge in [0, 0.05) is 35.6 Å². The molecule has 0 aliphatic carbocycles. The van der Waals surface area contributed by atoms with Crippen molar-refractivity contribution < 1.29 is 23.0 Å². The van der Waals surface area contributed by atoms with Gasteiger partial charge in [0.05, 0.1) is 31.5 Å². The maximum absolute atomic E-state index is 15.3. The first kappa shape index (κ1) is 21.0. The summed E-state index contributed by atoms with van der Waals surface area (Å²) in [6.07, 6.45) is 4.62. The molecule has 0 bridgehead atoms. The summed E-state index contributed by atoms with van der Waals surface area (Å²) in [6.45, 7) is -0.142. The minimum atomic E-state index is -1.03. The van der Waals surface area contributed by atoms with Crippen molar-refractivity contribution >= 4 is 45.9 Å². The number of carbonyl (C=O) groups is 1. The van der Waals surface area contributed by atoms with Crippen LogP contribution in [0.25, 0.3) is 11.0 Å². The van der Waals surface area contributed by atoms with Crippen LogP contribution in [0.2, 0.25) is 5.02 Å². The van der Waals surface area contributed by atoms with Crippen LogP contribution in [0.3, 0.4) is 0 Å². The van der Waals surface area contributed by atoms with E-state index in [1.54, 1.807) is 30.6 Å². The van der Waals surface area contributed by atoms with Crippen molar-refractivity contribution in [2.24, 2.45) is 0 Å². The van der Waals surface area contributed by atoms with Crippen LogP contribution in [0.4, 0.5) is 30.8 Å². The Labute approximate surface area is 191 Å². The van der Waals surface area contributed by atoms with E-state index < -0.39 is 23.4 Å². The maximum Gasteiger partial charge on any atom is 0.335 e. The fourth-order valence-corrected chi connectivity index (χ4v) is 3.98. The van der Waals surface area contributed by atoms with Gasteiger partial charge in [-0.1, -0.05) is 11.6 Å². The van der Waals surface area contributed by atoms with Crippen LogP contribution in [-0.2, 0) is 6.54 Å². The number of hydrogen-bond donors (Lipinski definition) is 1. The summed E-state index contributed by atoms with van der Waals surface area (Å²) in [5.41, 5.74) is 1.01. The normalized spacial score (nSPS) is 13.4. The molecule has 0 saturated heterocycles. The summed E-state index contributed by atoms with van der Waals surface area (Å²) in [7, 11) is 2.48. The minimum Gasteiger partial charge on any atom is -0.493 e. The molecule has 0 fully saturated rings. The van der Waals surface area contributed by atoms with Crippen LogP contribution in [-0.4, -0.2) is 35.2 Å². The number of amides is 2. The van der Waals surface area contributed by atoms with E-state index in [2.05, 4.69) is 15.0 Å². The second kappa shape index (κ2) is 7.89. The highest BCUT2D eigenvalue weighted by molar-refractivity contribution is 6.30. The van der Waals surface area contributed by atoms with Crippen LogP contribution in [0.1, 0.15) is 5.56 Å². The summed E-state index contributed by atoms with van der Waals surface area (Å²) >= 11 is 5.98. The van der Waals surface area contributed by atoms with Crippen molar-refractivity contribution in [3.63, 3.8) is 0 Å². The lowest BCUT2D eigenvalue weighted by molar-refractivity contribution is 0.251. The molecule has 0 atom stereocenters. The van der Waals surface area contributed by atoms with Gasteiger partial charge in [-0.2, -0.15) is 0 Å². The molecular weight excluding hydrogens is 456 g/mol. The van der Waals surface area contributed by atoms with Gasteiger partial charge in [-0.3, -0.25) is 4.90 Å². The largest absolute Gasteiger partial charge is 0.493 e. The molecule has 4 heterocycles. The molecule has 0 radical (unpaired) electrons. The number of halogens is 3. The summed E-state index contributed by atoms with van der Waals surface area (Å²) in [6, 6.07) is 5.24. The molecule has 0 spiro atoms. The first-order valence-electron chi connectivity index (χ1n) is 9.72. The quantitative estimate of drug-likeness (QED) is 0.443. The second-order valence-corrected chi connectivity index (χ2v) is 7.60. The predicted octanol–water partition coefficient (Wildman–Crippen LogP) is 5.19. The number of aromatic nitrogens is 3. The highest BCUT2D eigenvalue weighted by Crippen LogP contribution is 2.44. The average molecular weight is 472 g/mol. The molecule has 4 aromatic rings. The molecule has 0 unspecified atom stereocenters. The number of fused-ring (bicyclic) bond motifs is 3. The van der Waals surface area contributed by atoms with Gasteiger partial charge in [0.1, 0.15) is 17.2 Å². The number of rotatable bonds is 4. The van der Waals surface area contributed by atoms with Gasteiger partial charge in [-0.15, -0.1) is 0 Å².